The molecule has 16 heavy (non-hydrogen) atoms. The lowest BCUT2D eigenvalue weighted by atomic mass is 10.4. The molecule has 0 spiro atoms. The van der Waals surface area contributed by atoms with E-state index in [1.54, 1.807) is 6.33 Å². The van der Waals surface area contributed by atoms with Gasteiger partial charge in [-0.1, -0.05) is 0 Å². The van der Waals surface area contributed by atoms with Gasteiger partial charge in [-0.25, -0.2) is 9.97 Å². The molecule has 4 heteroatoms. The summed E-state index contributed by atoms with van der Waals surface area (Å²) in [5.41, 5.74) is 1.24. The summed E-state index contributed by atoms with van der Waals surface area (Å²) in [6.07, 6.45) is 8.84. The molecule has 0 amide bonds. The number of nitrogens with zero attached hydrogens (tertiary/aromatic N) is 4. The second kappa shape index (κ2) is 4.28. The van der Waals surface area contributed by atoms with Crippen LogP contribution in [-0.4, -0.2) is 36.1 Å². The third-order valence-corrected chi connectivity index (χ3v) is 3.52. The molecule has 3 rings (SSSR count). The van der Waals surface area contributed by atoms with Crippen LogP contribution in [0, 0.1) is 0 Å². The zero-order valence-electron chi connectivity index (χ0n) is 9.60. The SMILES string of the molecule is c1ncc(N2CCCC2)c(N2CCCC2)n1. The van der Waals surface area contributed by atoms with Gasteiger partial charge >= 0.3 is 0 Å². The molecule has 0 aromatic carbocycles. The van der Waals surface area contributed by atoms with Gasteiger partial charge in [0.15, 0.2) is 5.82 Å². The maximum atomic E-state index is 4.48. The van der Waals surface area contributed by atoms with Crippen LogP contribution in [0.3, 0.4) is 0 Å². The highest BCUT2D eigenvalue weighted by molar-refractivity contribution is 5.66. The Morgan fingerprint density at radius 2 is 1.50 bits per heavy atom. The van der Waals surface area contributed by atoms with E-state index in [4.69, 9.17) is 0 Å². The van der Waals surface area contributed by atoms with Crippen molar-refractivity contribution < 1.29 is 0 Å². The molecule has 0 N–H and O–H groups in total. The minimum Gasteiger partial charge on any atom is -0.367 e. The Morgan fingerprint density at radius 3 is 2.19 bits per heavy atom. The largest absolute Gasteiger partial charge is 0.367 e. The number of aromatic nitrogens is 2. The molecule has 0 bridgehead atoms. The van der Waals surface area contributed by atoms with Gasteiger partial charge in [0.2, 0.25) is 0 Å². The monoisotopic (exact) mass is 218 g/mol. The summed E-state index contributed by atoms with van der Waals surface area (Å²) in [4.78, 5) is 13.5. The van der Waals surface area contributed by atoms with E-state index in [0.717, 1.165) is 32.0 Å². The first-order valence-corrected chi connectivity index (χ1v) is 6.25. The van der Waals surface area contributed by atoms with Crippen LogP contribution in [0.15, 0.2) is 12.5 Å². The van der Waals surface area contributed by atoms with Gasteiger partial charge in [0.05, 0.1) is 11.9 Å². The lowest BCUT2D eigenvalue weighted by Crippen LogP contribution is -2.25. The van der Waals surface area contributed by atoms with Crippen molar-refractivity contribution in [3.05, 3.63) is 12.5 Å². The predicted molar refractivity (Wildman–Crippen MR) is 64.9 cm³/mol. The highest BCUT2D eigenvalue weighted by Crippen LogP contribution is 2.30. The van der Waals surface area contributed by atoms with Gasteiger partial charge in [0.1, 0.15) is 6.33 Å². The maximum Gasteiger partial charge on any atom is 0.155 e. The van der Waals surface area contributed by atoms with Gasteiger partial charge in [-0.05, 0) is 25.7 Å². The van der Waals surface area contributed by atoms with Crippen LogP contribution in [0.5, 0.6) is 0 Å². The van der Waals surface area contributed by atoms with Crippen LogP contribution < -0.4 is 9.80 Å². The molecule has 86 valence electrons. The molecule has 2 aliphatic rings. The van der Waals surface area contributed by atoms with Crippen molar-refractivity contribution in [1.82, 2.24) is 9.97 Å². The molecule has 2 saturated heterocycles. The molecule has 2 aliphatic heterocycles. The molecular weight excluding hydrogens is 200 g/mol. The first-order valence-electron chi connectivity index (χ1n) is 6.25. The van der Waals surface area contributed by atoms with Crippen LogP contribution in [0.25, 0.3) is 0 Å². The summed E-state index contributed by atoms with van der Waals surface area (Å²) < 4.78 is 0. The van der Waals surface area contributed by atoms with Crippen molar-refractivity contribution in [2.75, 3.05) is 36.0 Å². The van der Waals surface area contributed by atoms with Crippen molar-refractivity contribution in [2.45, 2.75) is 25.7 Å². The average Bonchev–Trinajstić information content (AvgIpc) is 3.03. The number of rotatable bonds is 2. The van der Waals surface area contributed by atoms with E-state index in [1.165, 1.54) is 31.4 Å². The molecule has 4 nitrogen and oxygen atoms in total. The summed E-state index contributed by atoms with van der Waals surface area (Å²) >= 11 is 0. The molecule has 1 aromatic heterocycles. The van der Waals surface area contributed by atoms with Crippen LogP contribution in [-0.2, 0) is 0 Å². The zero-order valence-corrected chi connectivity index (χ0v) is 9.60. The summed E-state index contributed by atoms with van der Waals surface area (Å²) in [5, 5.41) is 0. The second-order valence-electron chi connectivity index (χ2n) is 4.62. The maximum absolute atomic E-state index is 4.48. The Labute approximate surface area is 96.3 Å². The third kappa shape index (κ3) is 1.72. The van der Waals surface area contributed by atoms with Gasteiger partial charge in [-0.3, -0.25) is 0 Å². The molecule has 2 fully saturated rings. The molecule has 0 unspecified atom stereocenters. The molecular formula is C12H18N4. The van der Waals surface area contributed by atoms with Crippen molar-refractivity contribution in [3.63, 3.8) is 0 Å². The van der Waals surface area contributed by atoms with Crippen LogP contribution in [0.1, 0.15) is 25.7 Å². The van der Waals surface area contributed by atoms with Crippen LogP contribution in [0.2, 0.25) is 0 Å². The van der Waals surface area contributed by atoms with Gasteiger partial charge in [0.25, 0.3) is 0 Å². The summed E-state index contributed by atoms with van der Waals surface area (Å²) in [5.74, 6) is 1.15. The fourth-order valence-electron chi connectivity index (χ4n) is 2.67. The van der Waals surface area contributed by atoms with E-state index >= 15 is 0 Å². The normalized spacial score (nSPS) is 20.8. The molecule has 0 aliphatic carbocycles. The molecule has 0 saturated carbocycles. The van der Waals surface area contributed by atoms with Crippen molar-refractivity contribution in [2.24, 2.45) is 0 Å². The molecule has 0 radical (unpaired) electrons. The summed E-state index contributed by atoms with van der Waals surface area (Å²) in [6.45, 7) is 4.62. The van der Waals surface area contributed by atoms with E-state index in [-0.39, 0.29) is 0 Å². The quantitative estimate of drug-likeness (QED) is 0.756. The van der Waals surface area contributed by atoms with E-state index in [9.17, 15) is 0 Å². The first kappa shape index (κ1) is 9.87. The highest BCUT2D eigenvalue weighted by Gasteiger charge is 2.22. The molecule has 0 atom stereocenters. The van der Waals surface area contributed by atoms with Gasteiger partial charge < -0.3 is 9.80 Å². The molecule has 1 aromatic rings. The third-order valence-electron chi connectivity index (χ3n) is 3.52. The minimum atomic E-state index is 1.15. The van der Waals surface area contributed by atoms with E-state index < -0.39 is 0 Å². The van der Waals surface area contributed by atoms with E-state index in [1.807, 2.05) is 6.20 Å². The van der Waals surface area contributed by atoms with Crippen LogP contribution >= 0.6 is 0 Å². The Bertz CT molecular complexity index is 319. The minimum absolute atomic E-state index is 1.15. The van der Waals surface area contributed by atoms with E-state index in [0.29, 0.717) is 0 Å². The van der Waals surface area contributed by atoms with Crippen molar-refractivity contribution >= 4 is 11.5 Å². The zero-order chi connectivity index (χ0) is 10.8. The van der Waals surface area contributed by atoms with Crippen molar-refractivity contribution in [1.29, 1.82) is 0 Å². The van der Waals surface area contributed by atoms with E-state index in [2.05, 4.69) is 19.8 Å². The molecule has 3 heterocycles. The summed E-state index contributed by atoms with van der Waals surface area (Å²) in [6, 6.07) is 0. The number of hydrogen-bond donors (Lipinski definition) is 0. The van der Waals surface area contributed by atoms with Gasteiger partial charge in [0, 0.05) is 26.2 Å². The smallest absolute Gasteiger partial charge is 0.155 e. The summed E-state index contributed by atoms with van der Waals surface area (Å²) in [7, 11) is 0. The topological polar surface area (TPSA) is 32.3 Å². The van der Waals surface area contributed by atoms with Crippen molar-refractivity contribution in [3.8, 4) is 0 Å². The fourth-order valence-corrected chi connectivity index (χ4v) is 2.67. The fraction of sp³-hybridized carbons (Fsp3) is 0.667. The highest BCUT2D eigenvalue weighted by atomic mass is 15.3. The number of anilines is 2. The second-order valence-corrected chi connectivity index (χ2v) is 4.62. The standard InChI is InChI=1S/C12H18N4/c1-2-6-15(5-1)11-9-13-10-14-12(11)16-7-3-4-8-16/h9-10H,1-8H2. The van der Waals surface area contributed by atoms with Gasteiger partial charge in [-0.2, -0.15) is 0 Å². The Morgan fingerprint density at radius 1 is 0.875 bits per heavy atom. The number of hydrogen-bond acceptors (Lipinski definition) is 4. The van der Waals surface area contributed by atoms with Crippen LogP contribution in [0.4, 0.5) is 11.5 Å². The Kier molecular flexibility index (Phi) is 2.64. The predicted octanol–water partition coefficient (Wildman–Crippen LogP) is 1.68. The first-order chi connectivity index (χ1) is 7.95. The van der Waals surface area contributed by atoms with Gasteiger partial charge in [-0.15, -0.1) is 0 Å². The lowest BCUT2D eigenvalue weighted by molar-refractivity contribution is 0.890. The Balaban J connectivity index is 1.90. The average molecular weight is 218 g/mol. The lowest BCUT2D eigenvalue weighted by Gasteiger charge is -2.25. The Hall–Kier alpha value is -1.32.